The number of imidazole rings is 1. The van der Waals surface area contributed by atoms with E-state index in [1.54, 1.807) is 0 Å². The van der Waals surface area contributed by atoms with Crippen LogP contribution in [0, 0.1) is 5.92 Å². The quantitative estimate of drug-likeness (QED) is 0.104. The number of alkyl halides is 1. The van der Waals surface area contributed by atoms with E-state index in [9.17, 15) is 29.1 Å². The van der Waals surface area contributed by atoms with Crippen LogP contribution in [0.1, 0.15) is 18.9 Å². The Kier molecular flexibility index (Phi) is 10.8. The van der Waals surface area contributed by atoms with Gasteiger partial charge in [-0.2, -0.15) is 0 Å². The van der Waals surface area contributed by atoms with E-state index in [1.165, 1.54) is 24.2 Å². The highest BCUT2D eigenvalue weighted by atomic mass is 32.7. The molecule has 23 heteroatoms. The first-order valence-electron chi connectivity index (χ1n) is 13.2. The number of fused-ring (bicyclic) bond motifs is 1. The highest BCUT2D eigenvalue weighted by Crippen LogP contribution is 2.54. The molecule has 0 amide bonds. The number of aromatic nitrogens is 6. The van der Waals surface area contributed by atoms with Gasteiger partial charge in [0.05, 0.1) is 19.0 Å². The van der Waals surface area contributed by atoms with Gasteiger partial charge in [-0.25, -0.2) is 34.0 Å². The summed E-state index contributed by atoms with van der Waals surface area (Å²) in [6.07, 6.45) is -5.69. The Morgan fingerprint density at radius 3 is 2.67 bits per heavy atom. The number of nitrogens with two attached hydrogens (primary N) is 1. The zero-order valence-electron chi connectivity index (χ0n) is 23.2. The van der Waals surface area contributed by atoms with Gasteiger partial charge in [0, 0.05) is 37.7 Å². The number of aliphatic hydroxyl groups excluding tert-OH is 1. The smallest absolute Gasteiger partial charge is 0.396 e. The molecule has 2 aliphatic rings. The molecule has 5 rings (SSSR count). The molecule has 2 aliphatic heterocycles. The molecule has 0 bridgehead atoms. The number of nitrogens with one attached hydrogen (secondary N) is 1. The van der Waals surface area contributed by atoms with Crippen LogP contribution >= 0.6 is 26.9 Å². The average molecular weight is 696 g/mol. The molecule has 9 atom stereocenters. The largest absolute Gasteiger partial charge is 0.502 e. The van der Waals surface area contributed by atoms with Gasteiger partial charge in [-0.15, -0.1) is 4.67 Å². The number of halogens is 1. The monoisotopic (exact) mass is 695 g/mol. The summed E-state index contributed by atoms with van der Waals surface area (Å²) in [7, 11) is -4.01. The van der Waals surface area contributed by atoms with Gasteiger partial charge in [-0.1, -0.05) is 11.4 Å². The normalized spacial score (nSPS) is 29.9. The number of nitrogen functional groups attached to an aromatic ring is 1. The number of aromatic amines is 1. The topological polar surface area (TPSA) is 254 Å². The third-order valence-electron chi connectivity index (χ3n) is 7.29. The Morgan fingerprint density at radius 1 is 1.20 bits per heavy atom. The Hall–Kier alpha value is -2.68. The maximum Gasteiger partial charge on any atom is 0.502 e. The number of nitrogens with zero attached hydrogens (tertiary/aromatic N) is 5. The lowest BCUT2D eigenvalue weighted by atomic mass is 9.96. The van der Waals surface area contributed by atoms with Crippen LogP contribution < -0.4 is 17.0 Å². The van der Waals surface area contributed by atoms with Crippen molar-refractivity contribution in [2.24, 2.45) is 5.92 Å². The van der Waals surface area contributed by atoms with Gasteiger partial charge in [0.2, 0.25) is 7.66 Å². The second-order valence-electron chi connectivity index (χ2n) is 9.82. The van der Waals surface area contributed by atoms with Crippen molar-refractivity contribution < 1.29 is 51.8 Å². The molecule has 5 N–H and O–H groups in total. The first kappa shape index (κ1) is 33.7. The van der Waals surface area contributed by atoms with E-state index in [0.29, 0.717) is 0 Å². The van der Waals surface area contributed by atoms with Crippen LogP contribution in [0.15, 0.2) is 34.5 Å². The maximum atomic E-state index is 15.8. The van der Waals surface area contributed by atoms with Gasteiger partial charge in [0.15, 0.2) is 23.9 Å². The van der Waals surface area contributed by atoms with Gasteiger partial charge in [-0.05, 0) is 6.42 Å². The molecule has 2 saturated heterocycles. The highest BCUT2D eigenvalue weighted by molar-refractivity contribution is 8.45. The summed E-state index contributed by atoms with van der Waals surface area (Å²) in [5.74, 6) is -0.722. The Bertz CT molecular complexity index is 1660. The lowest BCUT2D eigenvalue weighted by Crippen LogP contribution is -2.36. The molecule has 19 nitrogen and oxygen atoms in total. The van der Waals surface area contributed by atoms with Crippen molar-refractivity contribution in [1.82, 2.24) is 29.1 Å². The summed E-state index contributed by atoms with van der Waals surface area (Å²) >= 11 is 0.827. The van der Waals surface area contributed by atoms with Crippen LogP contribution in [-0.4, -0.2) is 96.1 Å². The van der Waals surface area contributed by atoms with Crippen molar-refractivity contribution in [3.63, 3.8) is 0 Å². The van der Waals surface area contributed by atoms with E-state index >= 15 is 4.39 Å². The van der Waals surface area contributed by atoms with Crippen LogP contribution in [-0.2, 0) is 37.1 Å². The molecule has 1 unspecified atom stereocenters. The second kappa shape index (κ2) is 14.4. The number of methoxy groups -OCH3 is 1. The molecule has 3 aromatic heterocycles. The first-order valence-corrected chi connectivity index (χ1v) is 17.0. The molecule has 2 fully saturated rings. The Morgan fingerprint density at radius 2 is 1.98 bits per heavy atom. The van der Waals surface area contributed by atoms with Crippen LogP contribution in [0.25, 0.3) is 11.2 Å². The molecule has 0 saturated carbocycles. The molecule has 0 radical (unpaired) electrons. The van der Waals surface area contributed by atoms with Crippen LogP contribution in [0.3, 0.4) is 0 Å². The molecular formula is C22H28FN7O12P2S. The number of phosphoric ester groups is 1. The molecule has 246 valence electrons. The standard InChI is InChI=1S/C22H28FN7O12P2S/c1-37-16-10(3-5-31)20(29-4-2-13(32)28-22(29)33)39-11(16)6-38-44(36,42-34)41-17-14(23)12(7-45-43-35)40-21(17)30-9-27-15-18(24)25-8-26-19(15)30/h2,4,8-12,14,16-17,20-21,31,34H,3,5-7H2,1H3,(H2,24,25,26)(H,28,32,33)/t10-,11-,12-,14-,16+,17-,20-,21-,44?/m1/s1. The van der Waals surface area contributed by atoms with E-state index < -0.39 is 74.6 Å². The van der Waals surface area contributed by atoms with Gasteiger partial charge < -0.3 is 25.1 Å². The van der Waals surface area contributed by atoms with Crippen molar-refractivity contribution in [3.8, 4) is 0 Å². The van der Waals surface area contributed by atoms with E-state index in [4.69, 9.17) is 29.0 Å². The van der Waals surface area contributed by atoms with E-state index in [-0.39, 0.29) is 43.4 Å². The zero-order chi connectivity index (χ0) is 32.3. The molecule has 0 aliphatic carbocycles. The van der Waals surface area contributed by atoms with E-state index in [1.807, 2.05) is 0 Å². The molecule has 3 aromatic rings. The lowest BCUT2D eigenvalue weighted by Gasteiger charge is -2.25. The molecule has 0 spiro atoms. The average Bonchev–Trinajstić information content (AvgIpc) is 3.69. The van der Waals surface area contributed by atoms with Crippen molar-refractivity contribution in [1.29, 1.82) is 0 Å². The minimum atomic E-state index is -5.01. The molecule has 5 heterocycles. The zero-order valence-corrected chi connectivity index (χ0v) is 25.8. The fourth-order valence-corrected chi connectivity index (χ4v) is 7.41. The van der Waals surface area contributed by atoms with Crippen LogP contribution in [0.5, 0.6) is 0 Å². The van der Waals surface area contributed by atoms with Crippen LogP contribution in [0.2, 0.25) is 0 Å². The summed E-state index contributed by atoms with van der Waals surface area (Å²) in [5.41, 5.74) is 4.73. The van der Waals surface area contributed by atoms with Crippen molar-refractivity contribution in [2.75, 3.05) is 31.8 Å². The number of hydrogen-bond donors (Lipinski definition) is 4. The number of H-pyrrole nitrogens is 1. The second-order valence-corrected chi connectivity index (χ2v) is 13.3. The molecular weight excluding hydrogens is 667 g/mol. The van der Waals surface area contributed by atoms with Crippen molar-refractivity contribution >= 4 is 43.8 Å². The summed E-state index contributed by atoms with van der Waals surface area (Å²) in [4.78, 5) is 38.2. The minimum Gasteiger partial charge on any atom is -0.396 e. The fourth-order valence-electron chi connectivity index (χ4n) is 5.32. The Balaban J connectivity index is 1.38. The van der Waals surface area contributed by atoms with Gasteiger partial charge in [0.1, 0.15) is 36.4 Å². The van der Waals surface area contributed by atoms with Crippen molar-refractivity contribution in [3.05, 3.63) is 45.8 Å². The summed E-state index contributed by atoms with van der Waals surface area (Å²) in [6, 6.07) is 1.10. The molecule has 0 aromatic carbocycles. The third-order valence-corrected chi connectivity index (χ3v) is 9.81. The number of phosphoric acid groups is 1. The van der Waals surface area contributed by atoms with Gasteiger partial charge >= 0.3 is 13.5 Å². The third kappa shape index (κ3) is 6.89. The van der Waals surface area contributed by atoms with Crippen LogP contribution in [0.4, 0.5) is 10.2 Å². The van der Waals surface area contributed by atoms with E-state index in [2.05, 4.69) is 24.6 Å². The summed E-state index contributed by atoms with van der Waals surface area (Å²) in [5, 5.41) is 19.3. The highest BCUT2D eigenvalue weighted by Gasteiger charge is 2.52. The number of ether oxygens (including phenoxy) is 3. The van der Waals surface area contributed by atoms with Gasteiger partial charge in [-0.3, -0.25) is 32.5 Å². The van der Waals surface area contributed by atoms with Crippen molar-refractivity contribution in [2.45, 2.75) is 49.5 Å². The predicted octanol–water partition coefficient (Wildman–Crippen LogP) is 1.04. The lowest BCUT2D eigenvalue weighted by molar-refractivity contribution is -0.177. The number of hydrogen-bond acceptors (Lipinski definition) is 17. The summed E-state index contributed by atoms with van der Waals surface area (Å²) < 4.78 is 74.9. The fraction of sp³-hybridized carbons (Fsp3) is 0.591. The maximum absolute atomic E-state index is 15.8. The number of anilines is 1. The minimum absolute atomic E-state index is 0.0298. The number of rotatable bonds is 14. The van der Waals surface area contributed by atoms with E-state index in [0.717, 1.165) is 28.3 Å². The SMILES string of the molecule is CO[C@H]1[C@@H](CCO)[C@H](n2ccc(=O)[nH]c2=O)O[C@@H]1COP(=O)(OO)O[C@@H]1[C@H](F)[C@@H](CSP=O)O[C@H]1n1cnc2c(N)ncnc21. The molecule has 45 heavy (non-hydrogen) atoms. The Labute approximate surface area is 257 Å². The van der Waals surface area contributed by atoms with Gasteiger partial charge in [0.25, 0.3) is 5.56 Å². The predicted molar refractivity (Wildman–Crippen MR) is 152 cm³/mol. The summed E-state index contributed by atoms with van der Waals surface area (Å²) in [6.45, 7) is -0.947. The number of aliphatic hydroxyl groups is 1. The first-order chi connectivity index (χ1) is 21.6.